The third kappa shape index (κ3) is 6.61. The number of nitrogens with zero attached hydrogens (tertiary/aromatic N) is 2. The van der Waals surface area contributed by atoms with Gasteiger partial charge in [-0.25, -0.2) is 12.8 Å². The Bertz CT molecular complexity index is 1300. The molecule has 0 aliphatic heterocycles. The van der Waals surface area contributed by atoms with Crippen LogP contribution in [0.4, 0.5) is 10.1 Å². The Balaban J connectivity index is 2.00. The molecule has 0 spiro atoms. The first kappa shape index (κ1) is 27.2. The zero-order chi connectivity index (χ0) is 26.3. The molecular weight excluding hydrogens is 505 g/mol. The molecule has 3 aromatic carbocycles. The average Bonchev–Trinajstić information content (AvgIpc) is 2.86. The first-order chi connectivity index (χ1) is 17.1. The molecule has 0 heterocycles. The van der Waals surface area contributed by atoms with E-state index in [2.05, 4.69) is 5.32 Å². The van der Waals surface area contributed by atoms with E-state index in [-0.39, 0.29) is 23.0 Å². The fourth-order valence-electron chi connectivity index (χ4n) is 3.59. The maximum Gasteiger partial charge on any atom is 0.264 e. The van der Waals surface area contributed by atoms with Crippen molar-refractivity contribution in [1.82, 2.24) is 10.2 Å². The van der Waals surface area contributed by atoms with E-state index >= 15 is 0 Å². The van der Waals surface area contributed by atoms with Gasteiger partial charge in [0.25, 0.3) is 10.0 Å². The third-order valence-corrected chi connectivity index (χ3v) is 7.51. The van der Waals surface area contributed by atoms with Crippen molar-refractivity contribution in [3.8, 4) is 0 Å². The van der Waals surface area contributed by atoms with Gasteiger partial charge in [0.05, 0.1) is 10.6 Å². The van der Waals surface area contributed by atoms with Crippen molar-refractivity contribution in [3.05, 3.63) is 95.3 Å². The van der Waals surface area contributed by atoms with E-state index in [0.717, 1.165) is 28.6 Å². The summed E-state index contributed by atoms with van der Waals surface area (Å²) in [5.74, 6) is -1.55. The number of anilines is 1. The molecule has 0 aliphatic rings. The van der Waals surface area contributed by atoms with Crippen molar-refractivity contribution < 1.29 is 22.4 Å². The fourth-order valence-corrected chi connectivity index (χ4v) is 5.22. The highest BCUT2D eigenvalue weighted by atomic mass is 35.5. The zero-order valence-corrected chi connectivity index (χ0v) is 21.5. The van der Waals surface area contributed by atoms with Crippen LogP contribution in [0.2, 0.25) is 5.02 Å². The quantitative estimate of drug-likeness (QED) is 0.424. The zero-order valence-electron chi connectivity index (χ0n) is 19.9. The number of amides is 2. The van der Waals surface area contributed by atoms with E-state index in [1.807, 2.05) is 0 Å². The highest BCUT2D eigenvalue weighted by Gasteiger charge is 2.32. The Labute approximate surface area is 215 Å². The SMILES string of the molecule is CCNC(=O)[C@H](C)N(Cc1cccc(Cl)c1)C(=O)CN(c1ccccc1)S(=O)(=O)c1ccc(F)cc1. The minimum absolute atomic E-state index is 0.0386. The van der Waals surface area contributed by atoms with Gasteiger partial charge in [-0.3, -0.25) is 13.9 Å². The van der Waals surface area contributed by atoms with Crippen LogP contribution in [0.3, 0.4) is 0 Å². The molecule has 0 bridgehead atoms. The molecule has 0 saturated heterocycles. The minimum atomic E-state index is -4.24. The summed E-state index contributed by atoms with van der Waals surface area (Å²) >= 11 is 6.11. The summed E-state index contributed by atoms with van der Waals surface area (Å²) in [6.45, 7) is 3.18. The van der Waals surface area contributed by atoms with Gasteiger partial charge in [-0.05, 0) is 67.9 Å². The molecule has 190 valence electrons. The van der Waals surface area contributed by atoms with Gasteiger partial charge in [-0.1, -0.05) is 41.9 Å². The predicted octanol–water partition coefficient (Wildman–Crippen LogP) is 4.23. The Kier molecular flexibility index (Phi) is 9.06. The molecular formula is C26H27ClFN3O4S. The lowest BCUT2D eigenvalue weighted by Gasteiger charge is -2.32. The molecule has 0 unspecified atom stereocenters. The van der Waals surface area contributed by atoms with Crippen LogP contribution in [0.25, 0.3) is 0 Å². The first-order valence-corrected chi connectivity index (χ1v) is 13.1. The lowest BCUT2D eigenvalue weighted by molar-refractivity contribution is -0.139. The molecule has 7 nitrogen and oxygen atoms in total. The Morgan fingerprint density at radius 1 is 1.00 bits per heavy atom. The van der Waals surface area contributed by atoms with Gasteiger partial charge in [0.2, 0.25) is 11.8 Å². The number of carbonyl (C=O) groups is 2. The van der Waals surface area contributed by atoms with Crippen LogP contribution in [-0.2, 0) is 26.2 Å². The van der Waals surface area contributed by atoms with E-state index in [1.165, 1.54) is 4.90 Å². The van der Waals surface area contributed by atoms with E-state index in [4.69, 9.17) is 11.6 Å². The predicted molar refractivity (Wildman–Crippen MR) is 138 cm³/mol. The van der Waals surface area contributed by atoms with Crippen LogP contribution >= 0.6 is 11.6 Å². The molecule has 2 amide bonds. The minimum Gasteiger partial charge on any atom is -0.355 e. The third-order valence-electron chi connectivity index (χ3n) is 5.48. The molecule has 0 aliphatic carbocycles. The number of nitrogens with one attached hydrogen (secondary N) is 1. The van der Waals surface area contributed by atoms with Gasteiger partial charge >= 0.3 is 0 Å². The van der Waals surface area contributed by atoms with Gasteiger partial charge in [-0.15, -0.1) is 0 Å². The summed E-state index contributed by atoms with van der Waals surface area (Å²) in [6, 6.07) is 18.5. The van der Waals surface area contributed by atoms with Gasteiger partial charge in [-0.2, -0.15) is 0 Å². The normalized spacial score (nSPS) is 12.0. The largest absolute Gasteiger partial charge is 0.355 e. The van der Waals surface area contributed by atoms with Crippen LogP contribution in [0.1, 0.15) is 19.4 Å². The maximum absolute atomic E-state index is 13.6. The second-order valence-electron chi connectivity index (χ2n) is 8.02. The summed E-state index contributed by atoms with van der Waals surface area (Å²) in [5, 5.41) is 3.17. The molecule has 1 N–H and O–H groups in total. The smallest absolute Gasteiger partial charge is 0.264 e. The summed E-state index contributed by atoms with van der Waals surface area (Å²) < 4.78 is 41.5. The van der Waals surface area contributed by atoms with Crippen LogP contribution in [0.15, 0.2) is 83.8 Å². The van der Waals surface area contributed by atoms with Crippen molar-refractivity contribution in [1.29, 1.82) is 0 Å². The Morgan fingerprint density at radius 2 is 1.67 bits per heavy atom. The van der Waals surface area contributed by atoms with Crippen molar-refractivity contribution in [2.24, 2.45) is 0 Å². The lowest BCUT2D eigenvalue weighted by Crippen LogP contribution is -2.51. The highest BCUT2D eigenvalue weighted by Crippen LogP contribution is 2.25. The monoisotopic (exact) mass is 531 g/mol. The number of hydrogen-bond donors (Lipinski definition) is 1. The summed E-state index contributed by atoms with van der Waals surface area (Å²) in [5.41, 5.74) is 0.934. The van der Waals surface area contributed by atoms with Gasteiger partial charge < -0.3 is 10.2 Å². The topological polar surface area (TPSA) is 86.8 Å². The molecule has 0 saturated carbocycles. The second-order valence-corrected chi connectivity index (χ2v) is 10.3. The molecule has 36 heavy (non-hydrogen) atoms. The van der Waals surface area contributed by atoms with Crippen molar-refractivity contribution >= 4 is 39.1 Å². The van der Waals surface area contributed by atoms with Crippen LogP contribution in [0.5, 0.6) is 0 Å². The van der Waals surface area contributed by atoms with Crippen molar-refractivity contribution in [3.63, 3.8) is 0 Å². The highest BCUT2D eigenvalue weighted by molar-refractivity contribution is 7.92. The Hall–Kier alpha value is -3.43. The van der Waals surface area contributed by atoms with Gasteiger partial charge in [0.15, 0.2) is 0 Å². The molecule has 0 aromatic heterocycles. The number of hydrogen-bond acceptors (Lipinski definition) is 4. The molecule has 10 heteroatoms. The van der Waals surface area contributed by atoms with E-state index < -0.39 is 34.3 Å². The van der Waals surface area contributed by atoms with Crippen molar-refractivity contribution in [2.45, 2.75) is 31.3 Å². The lowest BCUT2D eigenvalue weighted by atomic mass is 10.1. The fraction of sp³-hybridized carbons (Fsp3) is 0.231. The number of rotatable bonds is 10. The number of sulfonamides is 1. The molecule has 0 radical (unpaired) electrons. The van der Waals surface area contributed by atoms with Crippen molar-refractivity contribution in [2.75, 3.05) is 17.4 Å². The number of halogens is 2. The molecule has 3 aromatic rings. The van der Waals surface area contributed by atoms with Gasteiger partial charge in [0.1, 0.15) is 18.4 Å². The molecule has 3 rings (SSSR count). The standard InChI is InChI=1S/C26H27ClFN3O4S/c1-3-29-26(33)19(2)30(17-20-8-7-9-21(27)16-20)25(32)18-31(23-10-5-4-6-11-23)36(34,35)24-14-12-22(28)13-15-24/h4-16,19H,3,17-18H2,1-2H3,(H,29,33)/t19-/m0/s1. The average molecular weight is 532 g/mol. The molecule has 1 atom stereocenters. The van der Waals surface area contributed by atoms with Crippen LogP contribution < -0.4 is 9.62 Å². The van der Waals surface area contributed by atoms with Crippen LogP contribution in [0, 0.1) is 5.82 Å². The second kappa shape index (κ2) is 12.0. The summed E-state index contributed by atoms with van der Waals surface area (Å²) in [4.78, 5) is 27.4. The summed E-state index contributed by atoms with van der Waals surface area (Å²) in [7, 11) is -4.24. The number of likely N-dealkylation sites (N-methyl/N-ethyl adjacent to an activating group) is 1. The van der Waals surface area contributed by atoms with E-state index in [9.17, 15) is 22.4 Å². The van der Waals surface area contributed by atoms with Gasteiger partial charge in [0, 0.05) is 18.1 Å². The van der Waals surface area contributed by atoms with Crippen LogP contribution in [-0.4, -0.2) is 44.3 Å². The van der Waals surface area contributed by atoms with E-state index in [0.29, 0.717) is 17.1 Å². The van der Waals surface area contributed by atoms with E-state index in [1.54, 1.807) is 68.4 Å². The Morgan fingerprint density at radius 3 is 2.28 bits per heavy atom. The number of benzene rings is 3. The number of para-hydroxylation sites is 1. The maximum atomic E-state index is 13.6. The first-order valence-electron chi connectivity index (χ1n) is 11.3. The number of carbonyl (C=O) groups excluding carboxylic acids is 2. The molecule has 0 fully saturated rings. The summed E-state index contributed by atoms with van der Waals surface area (Å²) in [6.07, 6.45) is 0.